The number of hydrogen-bond donors (Lipinski definition) is 1. The molecule has 1 N–H and O–H groups in total. The van der Waals surface area contributed by atoms with Crippen LogP contribution in [0, 0.1) is 11.3 Å². The minimum atomic E-state index is 0.269. The predicted octanol–water partition coefficient (Wildman–Crippen LogP) is 5.52. The lowest BCUT2D eigenvalue weighted by molar-refractivity contribution is 0.201. The highest BCUT2D eigenvalue weighted by atomic mass is 32.1. The van der Waals surface area contributed by atoms with E-state index in [0.29, 0.717) is 11.5 Å². The van der Waals surface area contributed by atoms with Gasteiger partial charge < -0.3 is 5.32 Å². The van der Waals surface area contributed by atoms with Crippen LogP contribution in [0.4, 0.5) is 0 Å². The van der Waals surface area contributed by atoms with Gasteiger partial charge in [0.15, 0.2) is 0 Å². The largest absolute Gasteiger partial charge is 0.309 e. The maximum Gasteiger partial charge on any atom is 0.0448 e. The second-order valence-electron chi connectivity index (χ2n) is 7.97. The van der Waals surface area contributed by atoms with Crippen molar-refractivity contribution in [1.29, 1.82) is 0 Å². The first kappa shape index (κ1) is 16.0. The maximum atomic E-state index is 3.77. The summed E-state index contributed by atoms with van der Waals surface area (Å²) in [5.41, 5.74) is 0.740. The third-order valence-corrected chi connectivity index (χ3v) is 6.43. The van der Waals surface area contributed by atoms with Gasteiger partial charge in [-0.25, -0.2) is 0 Å². The first-order valence-corrected chi connectivity index (χ1v) is 8.91. The van der Waals surface area contributed by atoms with Crippen LogP contribution >= 0.6 is 11.3 Å². The zero-order valence-corrected chi connectivity index (χ0v) is 14.9. The molecule has 0 amide bonds. The maximum absolute atomic E-state index is 3.77. The van der Waals surface area contributed by atoms with Crippen LogP contribution in [0.15, 0.2) is 12.1 Å². The van der Waals surface area contributed by atoms with Crippen LogP contribution in [0.1, 0.15) is 76.6 Å². The van der Waals surface area contributed by atoms with Crippen LogP contribution in [-0.4, -0.2) is 6.54 Å². The lowest BCUT2D eigenvalue weighted by Gasteiger charge is -2.34. The fraction of sp³-hybridized carbons (Fsp3) is 0.778. The van der Waals surface area contributed by atoms with Gasteiger partial charge in [0.1, 0.15) is 0 Å². The minimum absolute atomic E-state index is 0.269. The topological polar surface area (TPSA) is 12.0 Å². The minimum Gasteiger partial charge on any atom is -0.309 e. The molecule has 1 aliphatic rings. The van der Waals surface area contributed by atoms with E-state index in [2.05, 4.69) is 59.0 Å². The highest BCUT2D eigenvalue weighted by Crippen LogP contribution is 2.50. The molecule has 1 aromatic rings. The molecule has 0 saturated heterocycles. The molecule has 1 aromatic heterocycles. The summed E-state index contributed by atoms with van der Waals surface area (Å²) in [5, 5.41) is 3.77. The number of hydrogen-bond acceptors (Lipinski definition) is 2. The molecule has 0 aliphatic heterocycles. The normalized spacial score (nSPS) is 24.0. The molecule has 20 heavy (non-hydrogen) atoms. The van der Waals surface area contributed by atoms with Gasteiger partial charge in [0.25, 0.3) is 0 Å². The van der Waals surface area contributed by atoms with Gasteiger partial charge in [-0.2, -0.15) is 0 Å². The summed E-state index contributed by atoms with van der Waals surface area (Å²) in [6, 6.07) is 5.25. The Bertz CT molecular complexity index is 439. The van der Waals surface area contributed by atoms with Gasteiger partial charge in [-0.1, -0.05) is 48.0 Å². The van der Waals surface area contributed by atoms with Crippen LogP contribution in [0.5, 0.6) is 0 Å². The van der Waals surface area contributed by atoms with Crippen molar-refractivity contribution < 1.29 is 0 Å². The Kier molecular flexibility index (Phi) is 4.66. The second-order valence-corrected chi connectivity index (χ2v) is 9.09. The van der Waals surface area contributed by atoms with Crippen LogP contribution < -0.4 is 5.32 Å². The molecule has 2 rings (SSSR count). The summed E-state index contributed by atoms with van der Waals surface area (Å²) >= 11 is 2.01. The zero-order valence-electron chi connectivity index (χ0n) is 14.0. The zero-order chi connectivity index (χ0) is 15.0. The Morgan fingerprint density at radius 3 is 2.50 bits per heavy atom. The molecular formula is C18H31NS. The third-order valence-electron chi connectivity index (χ3n) is 4.84. The van der Waals surface area contributed by atoms with Crippen LogP contribution in [0.25, 0.3) is 0 Å². The number of thiophene rings is 1. The van der Waals surface area contributed by atoms with Gasteiger partial charge in [-0.05, 0) is 48.3 Å². The molecule has 1 heterocycles. The first-order chi connectivity index (χ1) is 9.25. The van der Waals surface area contributed by atoms with Crippen molar-refractivity contribution >= 4 is 11.3 Å². The lowest BCUT2D eigenvalue weighted by Crippen LogP contribution is -2.33. The predicted molar refractivity (Wildman–Crippen MR) is 90.6 cm³/mol. The van der Waals surface area contributed by atoms with Gasteiger partial charge in [0, 0.05) is 15.8 Å². The molecule has 1 nitrogen and oxygen atoms in total. The van der Waals surface area contributed by atoms with Gasteiger partial charge in [-0.15, -0.1) is 11.3 Å². The van der Waals surface area contributed by atoms with Gasteiger partial charge >= 0.3 is 0 Å². The molecule has 1 aliphatic carbocycles. The highest BCUT2D eigenvalue weighted by molar-refractivity contribution is 7.12. The smallest absolute Gasteiger partial charge is 0.0448 e. The average Bonchev–Trinajstić information content (AvgIpc) is 2.92. The Morgan fingerprint density at radius 2 is 2.05 bits per heavy atom. The van der Waals surface area contributed by atoms with Crippen molar-refractivity contribution in [2.75, 3.05) is 6.54 Å². The third kappa shape index (κ3) is 3.28. The van der Waals surface area contributed by atoms with E-state index in [1.165, 1.54) is 29.0 Å². The van der Waals surface area contributed by atoms with E-state index >= 15 is 0 Å². The van der Waals surface area contributed by atoms with E-state index in [1.54, 1.807) is 0 Å². The Balaban J connectivity index is 2.27. The molecule has 0 aromatic carbocycles. The second kappa shape index (κ2) is 5.81. The fourth-order valence-electron chi connectivity index (χ4n) is 3.56. The molecule has 2 heteroatoms. The van der Waals surface area contributed by atoms with Crippen LogP contribution in [-0.2, 0) is 5.41 Å². The van der Waals surface area contributed by atoms with Crippen LogP contribution in [0.3, 0.4) is 0 Å². The molecule has 0 bridgehead atoms. The van der Waals surface area contributed by atoms with E-state index < -0.39 is 0 Å². The van der Waals surface area contributed by atoms with Gasteiger partial charge in [0.05, 0.1) is 0 Å². The summed E-state index contributed by atoms with van der Waals surface area (Å²) in [7, 11) is 0. The molecule has 0 radical (unpaired) electrons. The molecule has 1 fully saturated rings. The van der Waals surface area contributed by atoms with Crippen molar-refractivity contribution in [3.05, 3.63) is 21.9 Å². The number of rotatable bonds is 4. The van der Waals surface area contributed by atoms with Gasteiger partial charge in [-0.3, -0.25) is 0 Å². The SMILES string of the molecule is CCNC(c1ccc(C(C)(C)C)s1)C1CCCC1(C)C. The first-order valence-electron chi connectivity index (χ1n) is 8.09. The van der Waals surface area contributed by atoms with E-state index in [1.807, 2.05) is 11.3 Å². The van der Waals surface area contributed by atoms with Crippen molar-refractivity contribution in [2.24, 2.45) is 11.3 Å². The summed E-state index contributed by atoms with van der Waals surface area (Å²) in [4.78, 5) is 3.04. The molecular weight excluding hydrogens is 262 g/mol. The van der Waals surface area contributed by atoms with Crippen molar-refractivity contribution in [2.45, 2.75) is 72.3 Å². The Labute approximate surface area is 129 Å². The average molecular weight is 294 g/mol. The molecule has 2 unspecified atom stereocenters. The molecule has 1 saturated carbocycles. The lowest BCUT2D eigenvalue weighted by atomic mass is 9.77. The molecule has 2 atom stereocenters. The van der Waals surface area contributed by atoms with E-state index in [4.69, 9.17) is 0 Å². The summed E-state index contributed by atoms with van der Waals surface area (Å²) in [5.74, 6) is 0.772. The Morgan fingerprint density at radius 1 is 1.35 bits per heavy atom. The highest BCUT2D eigenvalue weighted by Gasteiger charge is 2.40. The van der Waals surface area contributed by atoms with Crippen molar-refractivity contribution in [3.8, 4) is 0 Å². The van der Waals surface area contributed by atoms with E-state index in [-0.39, 0.29) is 5.41 Å². The van der Waals surface area contributed by atoms with E-state index in [9.17, 15) is 0 Å². The summed E-state index contributed by atoms with van der Waals surface area (Å²) < 4.78 is 0. The van der Waals surface area contributed by atoms with Crippen LogP contribution in [0.2, 0.25) is 0 Å². The van der Waals surface area contributed by atoms with Crippen molar-refractivity contribution in [1.82, 2.24) is 5.32 Å². The molecule has 0 spiro atoms. The quantitative estimate of drug-likeness (QED) is 0.770. The number of nitrogens with one attached hydrogen (secondary N) is 1. The van der Waals surface area contributed by atoms with Gasteiger partial charge in [0.2, 0.25) is 0 Å². The van der Waals surface area contributed by atoms with Crippen molar-refractivity contribution in [3.63, 3.8) is 0 Å². The Hall–Kier alpha value is -0.340. The monoisotopic (exact) mass is 293 g/mol. The fourth-order valence-corrected chi connectivity index (χ4v) is 4.76. The summed E-state index contributed by atoms with van der Waals surface area (Å²) in [6.45, 7) is 15.1. The summed E-state index contributed by atoms with van der Waals surface area (Å²) in [6.07, 6.45) is 4.13. The van der Waals surface area contributed by atoms with E-state index in [0.717, 1.165) is 12.5 Å². The standard InChI is InChI=1S/C18H31NS/c1-7-19-16(13-9-8-12-18(13,5)6)14-10-11-15(20-14)17(2,3)4/h10-11,13,16,19H,7-9,12H2,1-6H3. The molecule has 114 valence electrons.